The number of nitrogens with one attached hydrogen (secondary N) is 1. The van der Waals surface area contributed by atoms with Crippen LogP contribution in [0.1, 0.15) is 14.9 Å². The van der Waals surface area contributed by atoms with Crippen molar-refractivity contribution < 1.29 is 86.7 Å². The molecule has 2 rings (SSSR count). The molecule has 0 aromatic rings. The third kappa shape index (κ3) is 13.3. The van der Waals surface area contributed by atoms with Gasteiger partial charge in [0.1, 0.15) is 42.7 Å². The molecule has 38 heavy (non-hydrogen) atoms. The van der Waals surface area contributed by atoms with Gasteiger partial charge in [-0.05, 0) is 0 Å². The monoisotopic (exact) mass is 623 g/mol. The Labute approximate surface area is 219 Å². The molecule has 0 aliphatic carbocycles. The van der Waals surface area contributed by atoms with Crippen molar-refractivity contribution in [2.75, 3.05) is 26.9 Å². The summed E-state index contributed by atoms with van der Waals surface area (Å²) in [7, 11) is -13.8. The van der Waals surface area contributed by atoms with Crippen LogP contribution in [0.5, 0.6) is 0 Å². The van der Waals surface area contributed by atoms with Crippen molar-refractivity contribution in [2.45, 2.75) is 63.6 Å². The van der Waals surface area contributed by atoms with Crippen molar-refractivity contribution in [1.82, 2.24) is 4.72 Å². The SMILES string of the molecule is C.C.CO[C@@H]1C(C(=O)[O-])OCC(OS(=O)(=O)[O-])[C@@H]1O.O=S(=O)([O-])NC1COC(COS(=O)(=O)[O-])[C@@H](O)[C@H]1O. The molecular weight excluding hydrogens is 594 g/mol. The van der Waals surface area contributed by atoms with Gasteiger partial charge in [-0.15, -0.1) is 0 Å². The Hall–Kier alpha value is -1.16. The zero-order valence-electron chi connectivity index (χ0n) is 17.8. The highest BCUT2D eigenvalue weighted by molar-refractivity contribution is 7.83. The number of carboxylic acids is 1. The fraction of sp³-hybridized carbons (Fsp3) is 0.933. The summed E-state index contributed by atoms with van der Waals surface area (Å²) >= 11 is 0. The average molecular weight is 624 g/mol. The molecule has 0 saturated carbocycles. The lowest BCUT2D eigenvalue weighted by Gasteiger charge is -2.39. The maximum atomic E-state index is 10.6. The van der Waals surface area contributed by atoms with Crippen LogP contribution >= 0.6 is 0 Å². The first kappa shape index (κ1) is 39.0. The molecule has 0 bridgehead atoms. The van der Waals surface area contributed by atoms with Gasteiger partial charge in [-0.1, -0.05) is 14.9 Å². The second kappa shape index (κ2) is 15.6. The largest absolute Gasteiger partial charge is 0.735 e. The topological polar surface area (TPSA) is 331 Å². The molecule has 0 radical (unpaired) electrons. The molecule has 0 aromatic heterocycles. The highest BCUT2D eigenvalue weighted by Crippen LogP contribution is 2.21. The summed E-state index contributed by atoms with van der Waals surface area (Å²) < 4.78 is 116. The van der Waals surface area contributed by atoms with Gasteiger partial charge in [0.05, 0.1) is 31.8 Å². The second-order valence-electron chi connectivity index (χ2n) is 7.03. The van der Waals surface area contributed by atoms with E-state index in [4.69, 9.17) is 9.47 Å². The predicted molar refractivity (Wildman–Crippen MR) is 114 cm³/mol. The molecule has 4 unspecified atom stereocenters. The second-order valence-corrected chi connectivity index (χ2v) is 10.2. The van der Waals surface area contributed by atoms with Crippen molar-refractivity contribution >= 4 is 37.1 Å². The minimum atomic E-state index is -5.03. The molecule has 0 amide bonds. The first-order valence-electron chi connectivity index (χ1n) is 9.24. The van der Waals surface area contributed by atoms with Crippen molar-refractivity contribution in [2.24, 2.45) is 0 Å². The van der Waals surface area contributed by atoms with Crippen LogP contribution in [0, 0.1) is 0 Å². The average Bonchev–Trinajstić information content (AvgIpc) is 2.70. The predicted octanol–water partition coefficient (Wildman–Crippen LogP) is -6.37. The van der Waals surface area contributed by atoms with Gasteiger partial charge in [0.25, 0.3) is 0 Å². The van der Waals surface area contributed by atoms with E-state index in [0.717, 1.165) is 7.11 Å². The normalized spacial score (nSPS) is 32.1. The number of ether oxygens (including phenoxy) is 3. The number of aliphatic hydroxyl groups is 3. The number of carbonyl (C=O) groups excluding carboxylic acids is 1. The lowest BCUT2D eigenvalue weighted by atomic mass is 9.99. The van der Waals surface area contributed by atoms with Gasteiger partial charge in [0, 0.05) is 7.11 Å². The summed E-state index contributed by atoms with van der Waals surface area (Å²) in [5.41, 5.74) is 0. The molecule has 8 atom stereocenters. The number of carbonyl (C=O) groups is 1. The van der Waals surface area contributed by atoms with Crippen LogP contribution in [-0.2, 0) is 58.5 Å². The third-order valence-corrected chi connectivity index (χ3v) is 6.01. The van der Waals surface area contributed by atoms with Gasteiger partial charge in [0.2, 0.25) is 20.8 Å². The molecular formula is C15H29NO19S3-4. The Morgan fingerprint density at radius 2 is 1.47 bits per heavy atom. The molecule has 4 N–H and O–H groups in total. The van der Waals surface area contributed by atoms with Crippen molar-refractivity contribution in [3.8, 4) is 0 Å². The number of aliphatic carboxylic acids is 1. The van der Waals surface area contributed by atoms with Crippen molar-refractivity contribution in [3.05, 3.63) is 0 Å². The van der Waals surface area contributed by atoms with Crippen LogP contribution in [0.4, 0.5) is 0 Å². The fourth-order valence-electron chi connectivity index (χ4n) is 2.95. The first-order chi connectivity index (χ1) is 16.3. The summed E-state index contributed by atoms with van der Waals surface area (Å²) in [4.78, 5) is 10.6. The van der Waals surface area contributed by atoms with Crippen LogP contribution in [0.25, 0.3) is 0 Å². The van der Waals surface area contributed by atoms with E-state index in [9.17, 15) is 64.1 Å². The molecule has 2 aliphatic rings. The standard InChI is InChI=1S/C7H12O9S.C6H13NO10S2.2CH4/c1-14-5-4(8)3(16-17(11,12)13)2-15-6(5)7(9)10;8-5-3(7-18(10,11)12)1-16-4(6(5)9)2-17-19(13,14)15;;/h3-6,8H,2H2,1H3,(H,9,10)(H,11,12,13);3-9H,1-2H2,(H,10,11,12)(H,13,14,15);2*1H4/p-4/t3?,4-,5-,6?;3?,4?,5-,6+;;/m00../s1. The van der Waals surface area contributed by atoms with Gasteiger partial charge in [0.15, 0.2) is 10.3 Å². The summed E-state index contributed by atoms with van der Waals surface area (Å²) in [5.74, 6) is -1.63. The van der Waals surface area contributed by atoms with Gasteiger partial charge in [-0.3, -0.25) is 8.37 Å². The Balaban J connectivity index is 0. The molecule has 0 spiro atoms. The van der Waals surface area contributed by atoms with E-state index in [1.165, 1.54) is 4.72 Å². The summed E-state index contributed by atoms with van der Waals surface area (Å²) in [5, 5.41) is 39.2. The lowest BCUT2D eigenvalue weighted by Crippen LogP contribution is -2.60. The first-order valence-corrected chi connectivity index (χ1v) is 13.3. The van der Waals surface area contributed by atoms with Crippen molar-refractivity contribution in [3.63, 3.8) is 0 Å². The van der Waals surface area contributed by atoms with Crippen LogP contribution in [0.2, 0.25) is 0 Å². The molecule has 2 heterocycles. The van der Waals surface area contributed by atoms with Gasteiger partial charge in [-0.2, -0.15) is 0 Å². The maximum Gasteiger partial charge on any atom is 0.218 e. The Bertz CT molecular complexity index is 1050. The molecule has 2 aliphatic heterocycles. The Morgan fingerprint density at radius 1 is 0.921 bits per heavy atom. The number of methoxy groups -OCH3 is 1. The van der Waals surface area contributed by atoms with Gasteiger partial charge >= 0.3 is 0 Å². The summed E-state index contributed by atoms with van der Waals surface area (Å²) in [6, 6.07) is -1.39. The van der Waals surface area contributed by atoms with E-state index in [-0.39, 0.29) is 14.9 Å². The Kier molecular flexibility index (Phi) is 16.0. The molecule has 20 nitrogen and oxygen atoms in total. The summed E-state index contributed by atoms with van der Waals surface area (Å²) in [6.07, 6.45) is -10.9. The van der Waals surface area contributed by atoms with Crippen LogP contribution in [0.3, 0.4) is 0 Å². The number of hydrogen-bond acceptors (Lipinski definition) is 19. The van der Waals surface area contributed by atoms with Crippen LogP contribution in [0.15, 0.2) is 0 Å². The van der Waals surface area contributed by atoms with Crippen molar-refractivity contribution in [1.29, 1.82) is 0 Å². The molecule has 0 aromatic carbocycles. The minimum Gasteiger partial charge on any atom is -0.735 e. The Morgan fingerprint density at radius 3 is 1.89 bits per heavy atom. The fourth-order valence-corrected chi connectivity index (χ4v) is 4.30. The van der Waals surface area contributed by atoms with Gasteiger partial charge < -0.3 is 53.1 Å². The number of carboxylic acid groups (broad SMARTS) is 1. The van der Waals surface area contributed by atoms with Gasteiger partial charge in [-0.25, -0.2) is 30.0 Å². The quantitative estimate of drug-likeness (QED) is 0.137. The highest BCUT2D eigenvalue weighted by atomic mass is 32.3. The van der Waals surface area contributed by atoms with E-state index < -0.39 is 106 Å². The van der Waals surface area contributed by atoms with E-state index >= 15 is 0 Å². The third-order valence-electron chi connectivity index (χ3n) is 4.51. The zero-order chi connectivity index (χ0) is 28.1. The molecule has 2 saturated heterocycles. The highest BCUT2D eigenvalue weighted by Gasteiger charge is 2.42. The zero-order valence-corrected chi connectivity index (χ0v) is 20.3. The molecule has 2 fully saturated rings. The van der Waals surface area contributed by atoms with E-state index in [1.807, 2.05) is 0 Å². The smallest absolute Gasteiger partial charge is 0.218 e. The van der Waals surface area contributed by atoms with E-state index in [1.54, 1.807) is 0 Å². The molecule has 23 heteroatoms. The molecule has 230 valence electrons. The van der Waals surface area contributed by atoms with E-state index in [0.29, 0.717) is 0 Å². The number of hydrogen-bond donors (Lipinski definition) is 4. The maximum absolute atomic E-state index is 10.6. The van der Waals surface area contributed by atoms with Crippen LogP contribution in [-0.4, -0.2) is 136 Å². The van der Waals surface area contributed by atoms with Crippen LogP contribution < -0.4 is 9.83 Å². The minimum absolute atomic E-state index is 0. The van der Waals surface area contributed by atoms with E-state index in [2.05, 4.69) is 13.1 Å². The summed E-state index contributed by atoms with van der Waals surface area (Å²) in [6.45, 7) is -1.94. The number of rotatable bonds is 9. The number of aliphatic hydroxyl groups excluding tert-OH is 3. The lowest BCUT2D eigenvalue weighted by molar-refractivity contribution is -0.328.